The van der Waals surface area contributed by atoms with Crippen molar-refractivity contribution in [2.75, 3.05) is 30.4 Å². The van der Waals surface area contributed by atoms with Crippen LogP contribution in [0.2, 0.25) is 0 Å². The summed E-state index contributed by atoms with van der Waals surface area (Å²) in [5.41, 5.74) is 3.60. The molecule has 0 aliphatic carbocycles. The van der Waals surface area contributed by atoms with Crippen molar-refractivity contribution in [3.05, 3.63) is 53.1 Å². The fourth-order valence-corrected chi connectivity index (χ4v) is 3.75. The molecule has 2 unspecified atom stereocenters. The molecule has 1 aliphatic heterocycles. The van der Waals surface area contributed by atoms with E-state index in [0.29, 0.717) is 25.1 Å². The molecule has 0 radical (unpaired) electrons. The molecule has 2 atom stereocenters. The standard InChI is InChI=1S/C22H28N2O5.CH4/c1-13-8-14(2)24(3)20-12-17(4-5-19(13)20)23-6-7-29-18-10-15(21(25)26)9-16(11-18)22(27)28;/h4-5,9-14,21,23,25-26H,6-8H2,1-3H3,(H,27,28);1H4. The number of carboxylic acids is 1. The second-order valence-electron chi connectivity index (χ2n) is 7.62. The smallest absolute Gasteiger partial charge is 0.335 e. The third-order valence-corrected chi connectivity index (χ3v) is 5.47. The molecule has 3 rings (SSSR count). The Morgan fingerprint density at radius 3 is 2.63 bits per heavy atom. The molecule has 0 bridgehead atoms. The van der Waals surface area contributed by atoms with E-state index in [4.69, 9.17) is 9.84 Å². The Morgan fingerprint density at radius 1 is 1.23 bits per heavy atom. The van der Waals surface area contributed by atoms with Crippen LogP contribution in [0.15, 0.2) is 36.4 Å². The van der Waals surface area contributed by atoms with E-state index in [-0.39, 0.29) is 24.3 Å². The summed E-state index contributed by atoms with van der Waals surface area (Å²) in [5, 5.41) is 31.1. The highest BCUT2D eigenvalue weighted by molar-refractivity contribution is 5.88. The van der Waals surface area contributed by atoms with Crippen LogP contribution >= 0.6 is 0 Å². The minimum atomic E-state index is -1.76. The Hall–Kier alpha value is -2.77. The first-order valence-corrected chi connectivity index (χ1v) is 9.74. The highest BCUT2D eigenvalue weighted by Gasteiger charge is 2.25. The Labute approximate surface area is 177 Å². The van der Waals surface area contributed by atoms with Gasteiger partial charge in [0.1, 0.15) is 12.4 Å². The molecule has 0 spiro atoms. The second-order valence-corrected chi connectivity index (χ2v) is 7.62. The number of nitrogens with zero attached hydrogens (tertiary/aromatic N) is 1. The van der Waals surface area contributed by atoms with Crippen LogP contribution in [-0.2, 0) is 0 Å². The number of carbonyl (C=O) groups is 1. The van der Waals surface area contributed by atoms with Crippen molar-refractivity contribution in [1.82, 2.24) is 0 Å². The highest BCUT2D eigenvalue weighted by atomic mass is 16.5. The first-order chi connectivity index (χ1) is 13.8. The zero-order valence-corrected chi connectivity index (χ0v) is 16.9. The normalized spacial score (nSPS) is 17.9. The molecule has 7 nitrogen and oxygen atoms in total. The average Bonchev–Trinajstić information content (AvgIpc) is 2.69. The van der Waals surface area contributed by atoms with Gasteiger partial charge in [0.05, 0.1) is 5.56 Å². The number of fused-ring (bicyclic) bond motifs is 1. The van der Waals surface area contributed by atoms with Crippen LogP contribution in [0, 0.1) is 0 Å². The summed E-state index contributed by atoms with van der Waals surface area (Å²) in [6.45, 7) is 5.30. The van der Waals surface area contributed by atoms with Gasteiger partial charge in [-0.05, 0) is 55.2 Å². The molecule has 4 N–H and O–H groups in total. The topological polar surface area (TPSA) is 102 Å². The van der Waals surface area contributed by atoms with Gasteiger partial charge in [0.2, 0.25) is 0 Å². The van der Waals surface area contributed by atoms with Crippen LogP contribution < -0.4 is 15.0 Å². The van der Waals surface area contributed by atoms with E-state index >= 15 is 0 Å². The van der Waals surface area contributed by atoms with E-state index in [2.05, 4.69) is 49.3 Å². The maximum Gasteiger partial charge on any atom is 0.335 e. The van der Waals surface area contributed by atoms with Crippen LogP contribution in [0.4, 0.5) is 11.4 Å². The summed E-state index contributed by atoms with van der Waals surface area (Å²) in [6, 6.07) is 10.9. The maximum atomic E-state index is 11.2. The molecule has 30 heavy (non-hydrogen) atoms. The van der Waals surface area contributed by atoms with Gasteiger partial charge in [0.25, 0.3) is 0 Å². The molecule has 0 amide bonds. The minimum Gasteiger partial charge on any atom is -0.492 e. The van der Waals surface area contributed by atoms with Crippen molar-refractivity contribution in [2.24, 2.45) is 0 Å². The number of rotatable bonds is 7. The SMILES string of the molecule is C.CC1CC(C)N(C)c2cc(NCCOc3cc(C(=O)O)cc(C(O)O)c3)ccc21. The molecule has 7 heteroatoms. The van der Waals surface area contributed by atoms with Crippen LogP contribution in [0.5, 0.6) is 5.75 Å². The van der Waals surface area contributed by atoms with Gasteiger partial charge in [-0.25, -0.2) is 4.79 Å². The number of anilines is 2. The lowest BCUT2D eigenvalue weighted by Crippen LogP contribution is -2.34. The van der Waals surface area contributed by atoms with E-state index < -0.39 is 12.3 Å². The Kier molecular flexibility index (Phi) is 7.70. The molecule has 164 valence electrons. The van der Waals surface area contributed by atoms with Crippen molar-refractivity contribution in [3.8, 4) is 5.75 Å². The highest BCUT2D eigenvalue weighted by Crippen LogP contribution is 2.38. The van der Waals surface area contributed by atoms with E-state index in [1.54, 1.807) is 0 Å². The van der Waals surface area contributed by atoms with Crippen molar-refractivity contribution < 1.29 is 24.9 Å². The Bertz CT molecular complexity index is 884. The lowest BCUT2D eigenvalue weighted by atomic mass is 9.87. The van der Waals surface area contributed by atoms with E-state index in [0.717, 1.165) is 12.1 Å². The summed E-state index contributed by atoms with van der Waals surface area (Å²) in [5.74, 6) is -0.342. The number of aliphatic hydroxyl groups excluding tert-OH is 1. The number of aromatic carboxylic acids is 1. The van der Waals surface area contributed by atoms with Gasteiger partial charge in [-0.3, -0.25) is 0 Å². The van der Waals surface area contributed by atoms with Gasteiger partial charge < -0.3 is 30.3 Å². The van der Waals surface area contributed by atoms with Gasteiger partial charge in [-0.1, -0.05) is 20.4 Å². The third-order valence-electron chi connectivity index (χ3n) is 5.47. The molecule has 0 saturated carbocycles. The Morgan fingerprint density at radius 2 is 1.97 bits per heavy atom. The van der Waals surface area contributed by atoms with E-state index in [9.17, 15) is 15.0 Å². The summed E-state index contributed by atoms with van der Waals surface area (Å²) in [4.78, 5) is 13.5. The van der Waals surface area contributed by atoms with Crippen LogP contribution in [0.25, 0.3) is 0 Å². The first-order valence-electron chi connectivity index (χ1n) is 9.74. The van der Waals surface area contributed by atoms with E-state index in [1.807, 2.05) is 0 Å². The van der Waals surface area contributed by atoms with Gasteiger partial charge in [0.15, 0.2) is 6.29 Å². The van der Waals surface area contributed by atoms with Crippen molar-refractivity contribution >= 4 is 17.3 Å². The molecule has 0 fully saturated rings. The van der Waals surface area contributed by atoms with Crippen molar-refractivity contribution in [3.63, 3.8) is 0 Å². The van der Waals surface area contributed by atoms with Crippen LogP contribution in [-0.4, -0.2) is 47.5 Å². The quantitative estimate of drug-likeness (QED) is 0.402. The van der Waals surface area contributed by atoms with E-state index in [1.165, 1.54) is 29.4 Å². The van der Waals surface area contributed by atoms with Gasteiger partial charge in [0, 0.05) is 36.6 Å². The van der Waals surface area contributed by atoms with Crippen LogP contribution in [0.3, 0.4) is 0 Å². The first kappa shape index (κ1) is 23.5. The molecule has 0 aromatic heterocycles. The minimum absolute atomic E-state index is 0. The van der Waals surface area contributed by atoms with Crippen molar-refractivity contribution in [1.29, 1.82) is 0 Å². The molecule has 0 saturated heterocycles. The van der Waals surface area contributed by atoms with Gasteiger partial charge in [-0.15, -0.1) is 0 Å². The molecular weight excluding hydrogens is 384 g/mol. The molecule has 1 aliphatic rings. The number of hydrogen-bond acceptors (Lipinski definition) is 6. The number of benzene rings is 2. The predicted octanol–water partition coefficient (Wildman–Crippen LogP) is 3.83. The number of ether oxygens (including phenoxy) is 1. The second kappa shape index (κ2) is 9.82. The van der Waals surface area contributed by atoms with Crippen LogP contribution in [0.1, 0.15) is 61.4 Å². The number of nitrogens with one attached hydrogen (secondary N) is 1. The lowest BCUT2D eigenvalue weighted by molar-refractivity contribution is -0.0426. The molecule has 2 aromatic rings. The zero-order chi connectivity index (χ0) is 21.1. The molecule has 1 heterocycles. The maximum absolute atomic E-state index is 11.2. The number of hydrogen-bond donors (Lipinski definition) is 4. The molecule has 2 aromatic carbocycles. The Balaban J connectivity index is 0.00000320. The zero-order valence-electron chi connectivity index (χ0n) is 16.9. The van der Waals surface area contributed by atoms with Gasteiger partial charge >= 0.3 is 5.97 Å². The summed E-state index contributed by atoms with van der Waals surface area (Å²) >= 11 is 0. The predicted molar refractivity (Wildman–Crippen MR) is 119 cm³/mol. The average molecular weight is 417 g/mol. The largest absolute Gasteiger partial charge is 0.492 e. The monoisotopic (exact) mass is 416 g/mol. The molecular formula is C23H32N2O5. The van der Waals surface area contributed by atoms with Crippen molar-refractivity contribution in [2.45, 2.75) is 45.9 Å². The summed E-state index contributed by atoms with van der Waals surface area (Å²) < 4.78 is 5.62. The number of aliphatic hydroxyl groups is 2. The fraction of sp³-hybridized carbons (Fsp3) is 0.435. The third kappa shape index (κ3) is 5.23. The van der Waals surface area contributed by atoms with Gasteiger partial charge in [-0.2, -0.15) is 0 Å². The lowest BCUT2D eigenvalue weighted by Gasteiger charge is -2.37. The number of carboxylic acid groups (broad SMARTS) is 1. The fourth-order valence-electron chi connectivity index (χ4n) is 3.75. The summed E-state index contributed by atoms with van der Waals surface area (Å²) in [6.07, 6.45) is -0.614. The summed E-state index contributed by atoms with van der Waals surface area (Å²) in [7, 11) is 2.12.